The molecule has 2 rings (SSSR count). The molecule has 0 spiro atoms. The molecule has 0 saturated carbocycles. The van der Waals surface area contributed by atoms with Crippen LogP contribution in [-0.2, 0) is 4.79 Å². The van der Waals surface area contributed by atoms with Crippen molar-refractivity contribution in [2.45, 2.75) is 13.3 Å². The molecular weight excluding hydrogens is 240 g/mol. The van der Waals surface area contributed by atoms with E-state index >= 15 is 0 Å². The minimum Gasteiger partial charge on any atom is -0.336 e. The fourth-order valence-electron chi connectivity index (χ4n) is 2.23. The van der Waals surface area contributed by atoms with E-state index in [4.69, 9.17) is 0 Å². The zero-order valence-corrected chi connectivity index (χ0v) is 11.3. The highest BCUT2D eigenvalue weighted by atomic mass is 16.2. The van der Waals surface area contributed by atoms with Crippen molar-refractivity contribution in [3.63, 3.8) is 0 Å². The lowest BCUT2D eigenvalue weighted by Gasteiger charge is -2.34. The maximum absolute atomic E-state index is 12.2. The van der Waals surface area contributed by atoms with Crippen LogP contribution in [0.15, 0.2) is 30.3 Å². The third kappa shape index (κ3) is 3.64. The van der Waals surface area contributed by atoms with Crippen molar-refractivity contribution in [2.75, 3.05) is 32.7 Å². The van der Waals surface area contributed by atoms with E-state index in [9.17, 15) is 9.59 Å². The Bertz CT molecular complexity index is 437. The number of hydrogen-bond acceptors (Lipinski definition) is 3. The van der Waals surface area contributed by atoms with Crippen LogP contribution in [0.25, 0.3) is 0 Å². The van der Waals surface area contributed by atoms with Gasteiger partial charge in [0.25, 0.3) is 5.91 Å². The Hall–Kier alpha value is -1.68. The van der Waals surface area contributed by atoms with Crippen molar-refractivity contribution in [1.82, 2.24) is 9.80 Å². The fraction of sp³-hybridized carbons (Fsp3) is 0.467. The second-order valence-corrected chi connectivity index (χ2v) is 4.83. The van der Waals surface area contributed by atoms with Gasteiger partial charge in [0.05, 0.1) is 6.54 Å². The fourth-order valence-corrected chi connectivity index (χ4v) is 2.23. The summed E-state index contributed by atoms with van der Waals surface area (Å²) in [6, 6.07) is 9.35. The lowest BCUT2D eigenvalue weighted by atomic mass is 10.2. The van der Waals surface area contributed by atoms with Crippen LogP contribution in [0.4, 0.5) is 0 Å². The summed E-state index contributed by atoms with van der Waals surface area (Å²) in [6.07, 6.45) is 0.586. The first-order valence-corrected chi connectivity index (χ1v) is 6.79. The van der Waals surface area contributed by atoms with E-state index in [0.29, 0.717) is 26.1 Å². The molecule has 1 saturated heterocycles. The van der Waals surface area contributed by atoms with Crippen LogP contribution >= 0.6 is 0 Å². The normalized spacial score (nSPS) is 16.4. The predicted octanol–water partition coefficient (Wildman–Crippen LogP) is 1.42. The quantitative estimate of drug-likeness (QED) is 0.822. The molecule has 0 aromatic heterocycles. The summed E-state index contributed by atoms with van der Waals surface area (Å²) in [5.74, 6) is 0.352. The third-order valence-electron chi connectivity index (χ3n) is 3.47. The largest absolute Gasteiger partial charge is 0.336 e. The summed E-state index contributed by atoms with van der Waals surface area (Å²) >= 11 is 0. The average Bonchev–Trinajstić information content (AvgIpc) is 2.48. The van der Waals surface area contributed by atoms with Crippen LogP contribution in [-0.4, -0.2) is 54.2 Å². The van der Waals surface area contributed by atoms with Crippen molar-refractivity contribution >= 4 is 11.7 Å². The number of carbonyl (C=O) groups is 2. The Morgan fingerprint density at radius 1 is 1.05 bits per heavy atom. The second-order valence-electron chi connectivity index (χ2n) is 4.83. The van der Waals surface area contributed by atoms with Crippen LogP contribution in [0, 0.1) is 0 Å². The number of carbonyl (C=O) groups excluding carboxylic acids is 2. The van der Waals surface area contributed by atoms with E-state index in [1.165, 1.54) is 0 Å². The summed E-state index contributed by atoms with van der Waals surface area (Å²) in [5.41, 5.74) is 0.737. The molecule has 1 aromatic rings. The molecule has 1 aromatic carbocycles. The van der Waals surface area contributed by atoms with Gasteiger partial charge in [-0.05, 0) is 12.1 Å². The average molecular weight is 260 g/mol. The first kappa shape index (κ1) is 13.7. The van der Waals surface area contributed by atoms with Crippen molar-refractivity contribution in [3.8, 4) is 0 Å². The van der Waals surface area contributed by atoms with Gasteiger partial charge in [0.2, 0.25) is 0 Å². The maximum atomic E-state index is 12.2. The van der Waals surface area contributed by atoms with Gasteiger partial charge in [0.1, 0.15) is 5.78 Å². The minimum absolute atomic E-state index is 0.0852. The van der Waals surface area contributed by atoms with Gasteiger partial charge in [-0.1, -0.05) is 25.1 Å². The van der Waals surface area contributed by atoms with E-state index in [1.54, 1.807) is 0 Å². The molecule has 0 radical (unpaired) electrons. The number of rotatable bonds is 4. The molecule has 1 amide bonds. The van der Waals surface area contributed by atoms with Crippen molar-refractivity contribution in [1.29, 1.82) is 0 Å². The van der Waals surface area contributed by atoms with Gasteiger partial charge >= 0.3 is 0 Å². The summed E-state index contributed by atoms with van der Waals surface area (Å²) in [5, 5.41) is 0. The van der Waals surface area contributed by atoms with Gasteiger partial charge in [-0.15, -0.1) is 0 Å². The van der Waals surface area contributed by atoms with Crippen LogP contribution in [0.1, 0.15) is 23.7 Å². The van der Waals surface area contributed by atoms with Crippen LogP contribution in [0.5, 0.6) is 0 Å². The standard InChI is InChI=1S/C15H20N2O2/c1-2-14(18)12-16-8-10-17(11-9-16)15(19)13-6-4-3-5-7-13/h3-7H,2,8-12H2,1H3. The highest BCUT2D eigenvalue weighted by molar-refractivity contribution is 5.94. The lowest BCUT2D eigenvalue weighted by Crippen LogP contribution is -2.49. The predicted molar refractivity (Wildman–Crippen MR) is 74.1 cm³/mol. The topological polar surface area (TPSA) is 40.6 Å². The third-order valence-corrected chi connectivity index (χ3v) is 3.47. The second kappa shape index (κ2) is 6.48. The Balaban J connectivity index is 1.86. The number of Topliss-reactive ketones (excluding diaryl/α,β-unsaturated/α-hetero) is 1. The zero-order valence-electron chi connectivity index (χ0n) is 11.3. The van der Waals surface area contributed by atoms with E-state index < -0.39 is 0 Å². The Morgan fingerprint density at radius 2 is 1.68 bits per heavy atom. The van der Waals surface area contributed by atoms with Crippen LogP contribution < -0.4 is 0 Å². The smallest absolute Gasteiger partial charge is 0.253 e. The highest BCUT2D eigenvalue weighted by Gasteiger charge is 2.22. The molecule has 1 fully saturated rings. The first-order chi connectivity index (χ1) is 9.20. The number of amides is 1. The van der Waals surface area contributed by atoms with Crippen LogP contribution in [0.3, 0.4) is 0 Å². The van der Waals surface area contributed by atoms with Gasteiger partial charge in [-0.25, -0.2) is 0 Å². The summed E-state index contributed by atoms with van der Waals surface area (Å²) < 4.78 is 0. The molecule has 19 heavy (non-hydrogen) atoms. The van der Waals surface area contributed by atoms with E-state index in [0.717, 1.165) is 18.7 Å². The molecule has 102 valence electrons. The van der Waals surface area contributed by atoms with Crippen LogP contribution in [0.2, 0.25) is 0 Å². The molecule has 4 nitrogen and oxygen atoms in total. The van der Waals surface area contributed by atoms with E-state index in [1.807, 2.05) is 42.2 Å². The van der Waals surface area contributed by atoms with Gasteiger partial charge in [0.15, 0.2) is 0 Å². The molecule has 1 aliphatic rings. The van der Waals surface area contributed by atoms with E-state index in [-0.39, 0.29) is 11.7 Å². The Labute approximate surface area is 114 Å². The molecule has 4 heteroatoms. The van der Waals surface area contributed by atoms with Gasteiger partial charge < -0.3 is 4.90 Å². The number of hydrogen-bond donors (Lipinski definition) is 0. The minimum atomic E-state index is 0.0852. The summed E-state index contributed by atoms with van der Waals surface area (Å²) in [7, 11) is 0. The number of piperazine rings is 1. The zero-order chi connectivity index (χ0) is 13.7. The molecular formula is C15H20N2O2. The number of benzene rings is 1. The molecule has 0 N–H and O–H groups in total. The molecule has 0 bridgehead atoms. The van der Waals surface area contributed by atoms with E-state index in [2.05, 4.69) is 4.90 Å². The first-order valence-electron chi connectivity index (χ1n) is 6.79. The summed E-state index contributed by atoms with van der Waals surface area (Å²) in [4.78, 5) is 27.6. The number of nitrogens with zero attached hydrogens (tertiary/aromatic N) is 2. The van der Waals surface area contributed by atoms with Gasteiger partial charge in [0, 0.05) is 38.2 Å². The van der Waals surface area contributed by atoms with Crippen molar-refractivity contribution in [2.24, 2.45) is 0 Å². The lowest BCUT2D eigenvalue weighted by molar-refractivity contribution is -0.120. The Kier molecular flexibility index (Phi) is 4.68. The van der Waals surface area contributed by atoms with Gasteiger partial charge in [-0.3, -0.25) is 14.5 Å². The van der Waals surface area contributed by atoms with Crippen molar-refractivity contribution < 1.29 is 9.59 Å². The van der Waals surface area contributed by atoms with Gasteiger partial charge in [-0.2, -0.15) is 0 Å². The maximum Gasteiger partial charge on any atom is 0.253 e. The van der Waals surface area contributed by atoms with Crippen molar-refractivity contribution in [3.05, 3.63) is 35.9 Å². The SMILES string of the molecule is CCC(=O)CN1CCN(C(=O)c2ccccc2)CC1. The molecule has 0 aliphatic carbocycles. The molecule has 0 atom stereocenters. The monoisotopic (exact) mass is 260 g/mol. The molecule has 1 aliphatic heterocycles. The molecule has 1 heterocycles. The number of ketones is 1. The summed E-state index contributed by atoms with van der Waals surface area (Å²) in [6.45, 7) is 5.37. The highest BCUT2D eigenvalue weighted by Crippen LogP contribution is 2.08. The molecule has 0 unspecified atom stereocenters. The Morgan fingerprint density at radius 3 is 2.26 bits per heavy atom.